The van der Waals surface area contributed by atoms with Crippen LogP contribution in [0.4, 0.5) is 0 Å². The highest BCUT2D eigenvalue weighted by Crippen LogP contribution is 2.16. The second-order valence-electron chi connectivity index (χ2n) is 4.41. The number of nitrogens with one attached hydrogen (secondary N) is 1. The molecular formula is C13H19NO. The molecule has 15 heavy (non-hydrogen) atoms. The van der Waals surface area contributed by atoms with E-state index in [0.717, 1.165) is 43.2 Å². The summed E-state index contributed by atoms with van der Waals surface area (Å²) >= 11 is 0. The number of aromatic amines is 1. The number of pyridine rings is 1. The van der Waals surface area contributed by atoms with E-state index < -0.39 is 0 Å². The molecule has 82 valence electrons. The van der Waals surface area contributed by atoms with Gasteiger partial charge < -0.3 is 4.98 Å². The molecule has 0 amide bonds. The zero-order valence-corrected chi connectivity index (χ0v) is 9.44. The first kappa shape index (κ1) is 10.5. The molecule has 0 aliphatic heterocycles. The molecule has 0 spiro atoms. The maximum absolute atomic E-state index is 12.1. The Balaban J connectivity index is 2.30. The number of H-pyrrole nitrogens is 1. The van der Waals surface area contributed by atoms with Crippen LogP contribution in [-0.2, 0) is 19.3 Å². The van der Waals surface area contributed by atoms with E-state index in [1.54, 1.807) is 0 Å². The molecule has 0 saturated carbocycles. The Morgan fingerprint density at radius 3 is 2.93 bits per heavy atom. The number of unbranched alkanes of at least 4 members (excludes halogenated alkanes) is 1. The van der Waals surface area contributed by atoms with Gasteiger partial charge in [-0.1, -0.05) is 13.3 Å². The number of aryl methyl sites for hydroxylation is 2. The predicted molar refractivity (Wildman–Crippen MR) is 62.3 cm³/mol. The molecule has 1 aliphatic rings. The van der Waals surface area contributed by atoms with Gasteiger partial charge in [-0.15, -0.1) is 0 Å². The molecule has 0 fully saturated rings. The average molecular weight is 205 g/mol. The van der Waals surface area contributed by atoms with E-state index in [4.69, 9.17) is 0 Å². The summed E-state index contributed by atoms with van der Waals surface area (Å²) in [5, 5.41) is 0. The molecule has 2 heteroatoms. The number of fused-ring (bicyclic) bond motifs is 1. The van der Waals surface area contributed by atoms with Crippen LogP contribution in [0.3, 0.4) is 0 Å². The number of hydrogen-bond acceptors (Lipinski definition) is 1. The first-order chi connectivity index (χ1) is 7.33. The lowest BCUT2D eigenvalue weighted by Crippen LogP contribution is -2.21. The van der Waals surface area contributed by atoms with Crippen LogP contribution in [-0.4, -0.2) is 4.98 Å². The summed E-state index contributed by atoms with van der Waals surface area (Å²) in [6.45, 7) is 2.16. The lowest BCUT2D eigenvalue weighted by Gasteiger charge is -2.15. The fraction of sp³-hybridized carbons (Fsp3) is 0.615. The highest BCUT2D eigenvalue weighted by Gasteiger charge is 2.14. The predicted octanol–water partition coefficient (Wildman–Crippen LogP) is 2.60. The van der Waals surface area contributed by atoms with Crippen LogP contribution in [0.1, 0.15) is 49.4 Å². The van der Waals surface area contributed by atoms with Crippen molar-refractivity contribution >= 4 is 0 Å². The largest absolute Gasteiger partial charge is 0.364 e. The van der Waals surface area contributed by atoms with E-state index in [2.05, 4.69) is 11.9 Å². The van der Waals surface area contributed by atoms with Gasteiger partial charge in [-0.3, -0.25) is 4.79 Å². The van der Waals surface area contributed by atoms with E-state index in [9.17, 15) is 4.79 Å². The van der Waals surface area contributed by atoms with Gasteiger partial charge in [0.05, 0.1) is 0 Å². The fourth-order valence-electron chi connectivity index (χ4n) is 2.30. The van der Waals surface area contributed by atoms with Gasteiger partial charge in [0, 0.05) is 23.0 Å². The van der Waals surface area contributed by atoms with Gasteiger partial charge in [-0.2, -0.15) is 0 Å². The van der Waals surface area contributed by atoms with Gasteiger partial charge in [0.1, 0.15) is 0 Å². The number of hydrogen-bond donors (Lipinski definition) is 1. The summed E-state index contributed by atoms with van der Waals surface area (Å²) in [6.07, 6.45) is 9.55. The van der Waals surface area contributed by atoms with E-state index in [1.165, 1.54) is 18.5 Å². The minimum absolute atomic E-state index is 0.317. The first-order valence-corrected chi connectivity index (χ1v) is 6.05. The molecular weight excluding hydrogens is 186 g/mol. The van der Waals surface area contributed by atoms with Crippen molar-refractivity contribution < 1.29 is 0 Å². The van der Waals surface area contributed by atoms with Crippen LogP contribution in [0.5, 0.6) is 0 Å². The minimum atomic E-state index is 0.317. The van der Waals surface area contributed by atoms with Gasteiger partial charge >= 0.3 is 0 Å². The SMILES string of the molecule is CCCCc1c[nH]c2c(c1=O)CCCC2. The highest BCUT2D eigenvalue weighted by molar-refractivity contribution is 5.27. The molecule has 0 saturated heterocycles. The van der Waals surface area contributed by atoms with Crippen molar-refractivity contribution in [1.82, 2.24) is 4.98 Å². The lowest BCUT2D eigenvalue weighted by molar-refractivity contribution is 0.658. The summed E-state index contributed by atoms with van der Waals surface area (Å²) in [7, 11) is 0. The molecule has 1 heterocycles. The summed E-state index contributed by atoms with van der Waals surface area (Å²) < 4.78 is 0. The molecule has 0 aromatic carbocycles. The molecule has 1 aromatic rings. The third-order valence-corrected chi connectivity index (χ3v) is 3.25. The van der Waals surface area contributed by atoms with Crippen molar-refractivity contribution in [2.24, 2.45) is 0 Å². The first-order valence-electron chi connectivity index (χ1n) is 6.05. The number of aromatic nitrogens is 1. The zero-order valence-electron chi connectivity index (χ0n) is 9.44. The average Bonchev–Trinajstić information content (AvgIpc) is 2.29. The normalized spacial score (nSPS) is 15.0. The van der Waals surface area contributed by atoms with Crippen LogP contribution in [0.2, 0.25) is 0 Å². The van der Waals surface area contributed by atoms with E-state index >= 15 is 0 Å². The van der Waals surface area contributed by atoms with Crippen LogP contribution >= 0.6 is 0 Å². The van der Waals surface area contributed by atoms with Crippen molar-refractivity contribution in [3.05, 3.63) is 33.2 Å². The van der Waals surface area contributed by atoms with Gasteiger partial charge in [0.2, 0.25) is 0 Å². The van der Waals surface area contributed by atoms with Gasteiger partial charge in [0.25, 0.3) is 0 Å². The summed E-state index contributed by atoms with van der Waals surface area (Å²) in [4.78, 5) is 15.4. The van der Waals surface area contributed by atoms with Crippen LogP contribution in [0, 0.1) is 0 Å². The molecule has 2 nitrogen and oxygen atoms in total. The molecule has 1 aromatic heterocycles. The molecule has 0 bridgehead atoms. The summed E-state index contributed by atoms with van der Waals surface area (Å²) in [5.41, 5.74) is 3.55. The number of rotatable bonds is 3. The molecule has 2 rings (SSSR count). The highest BCUT2D eigenvalue weighted by atomic mass is 16.1. The van der Waals surface area contributed by atoms with Gasteiger partial charge in [-0.25, -0.2) is 0 Å². The van der Waals surface area contributed by atoms with Crippen LogP contribution in [0.25, 0.3) is 0 Å². The van der Waals surface area contributed by atoms with Crippen LogP contribution < -0.4 is 5.43 Å². The van der Waals surface area contributed by atoms with Gasteiger partial charge in [-0.05, 0) is 38.5 Å². The molecule has 1 N–H and O–H groups in total. The maximum Gasteiger partial charge on any atom is 0.188 e. The second kappa shape index (κ2) is 4.65. The third-order valence-electron chi connectivity index (χ3n) is 3.25. The van der Waals surface area contributed by atoms with Gasteiger partial charge in [0.15, 0.2) is 5.43 Å². The van der Waals surface area contributed by atoms with Crippen molar-refractivity contribution in [3.8, 4) is 0 Å². The minimum Gasteiger partial charge on any atom is -0.364 e. The molecule has 0 unspecified atom stereocenters. The van der Waals surface area contributed by atoms with Crippen molar-refractivity contribution in [2.75, 3.05) is 0 Å². The Morgan fingerprint density at radius 1 is 1.33 bits per heavy atom. The quantitative estimate of drug-likeness (QED) is 0.808. The third kappa shape index (κ3) is 2.14. The smallest absolute Gasteiger partial charge is 0.188 e. The topological polar surface area (TPSA) is 32.9 Å². The summed E-state index contributed by atoms with van der Waals surface area (Å²) in [5.74, 6) is 0. The van der Waals surface area contributed by atoms with E-state index in [1.807, 2.05) is 6.20 Å². The van der Waals surface area contributed by atoms with Crippen LogP contribution in [0.15, 0.2) is 11.0 Å². The summed E-state index contributed by atoms with van der Waals surface area (Å²) in [6, 6.07) is 0. The zero-order chi connectivity index (χ0) is 10.7. The molecule has 0 atom stereocenters. The van der Waals surface area contributed by atoms with E-state index in [-0.39, 0.29) is 0 Å². The Labute approximate surface area is 90.7 Å². The van der Waals surface area contributed by atoms with Crippen molar-refractivity contribution in [3.63, 3.8) is 0 Å². The standard InChI is InChI=1S/C13H19NO/c1-2-3-6-10-9-14-12-8-5-4-7-11(12)13(10)15/h9H,2-8H2,1H3,(H,14,15). The fourth-order valence-corrected chi connectivity index (χ4v) is 2.30. The second-order valence-corrected chi connectivity index (χ2v) is 4.41. The molecule has 0 radical (unpaired) electrons. The Bertz CT molecular complexity index is 392. The Morgan fingerprint density at radius 2 is 2.13 bits per heavy atom. The Kier molecular flexibility index (Phi) is 3.24. The van der Waals surface area contributed by atoms with E-state index in [0.29, 0.717) is 5.43 Å². The molecule has 1 aliphatic carbocycles. The Hall–Kier alpha value is -1.05. The van der Waals surface area contributed by atoms with Crippen molar-refractivity contribution in [1.29, 1.82) is 0 Å². The monoisotopic (exact) mass is 205 g/mol. The lowest BCUT2D eigenvalue weighted by atomic mass is 9.94. The van der Waals surface area contributed by atoms with Crippen molar-refractivity contribution in [2.45, 2.75) is 51.9 Å². The maximum atomic E-state index is 12.1.